The Kier molecular flexibility index (Phi) is 4.39. The third-order valence-electron chi connectivity index (χ3n) is 4.03. The maximum atomic E-state index is 5.05. The topological polar surface area (TPSA) is 69.2 Å². The van der Waals surface area contributed by atoms with E-state index in [1.54, 1.807) is 0 Å². The second kappa shape index (κ2) is 6.04. The summed E-state index contributed by atoms with van der Waals surface area (Å²) in [6.07, 6.45) is 3.63. The average Bonchev–Trinajstić information content (AvgIpc) is 2.79. The number of ether oxygens (including phenoxy) is 2. The molecule has 0 radical (unpaired) electrons. The standard InChI is InChI=1S/C13H22N4O2/c1-5-9-6-7-10(8(9)2)14-11-15-12(18-3)17-13(16-11)19-4/h8-10H,5-7H2,1-4H3,(H,14,15,16,17). The molecule has 1 aliphatic rings. The number of hydrogen-bond acceptors (Lipinski definition) is 6. The maximum absolute atomic E-state index is 5.05. The van der Waals surface area contributed by atoms with E-state index in [1.807, 2.05) is 0 Å². The van der Waals surface area contributed by atoms with Crippen molar-refractivity contribution in [1.82, 2.24) is 15.0 Å². The van der Waals surface area contributed by atoms with Gasteiger partial charge in [-0.1, -0.05) is 20.3 Å². The molecule has 0 spiro atoms. The van der Waals surface area contributed by atoms with Crippen molar-refractivity contribution in [3.8, 4) is 12.0 Å². The van der Waals surface area contributed by atoms with E-state index in [1.165, 1.54) is 27.1 Å². The molecule has 0 bridgehead atoms. The first kappa shape index (κ1) is 13.8. The lowest BCUT2D eigenvalue weighted by Gasteiger charge is -2.21. The monoisotopic (exact) mass is 266 g/mol. The summed E-state index contributed by atoms with van der Waals surface area (Å²) >= 11 is 0. The van der Waals surface area contributed by atoms with Gasteiger partial charge in [-0.3, -0.25) is 0 Å². The van der Waals surface area contributed by atoms with Gasteiger partial charge in [0.25, 0.3) is 0 Å². The average molecular weight is 266 g/mol. The van der Waals surface area contributed by atoms with E-state index in [2.05, 4.69) is 34.1 Å². The van der Waals surface area contributed by atoms with Crippen LogP contribution >= 0.6 is 0 Å². The molecular formula is C13H22N4O2. The molecule has 0 aliphatic heterocycles. The van der Waals surface area contributed by atoms with E-state index in [9.17, 15) is 0 Å². The lowest BCUT2D eigenvalue weighted by Crippen LogP contribution is -2.26. The molecule has 1 heterocycles. The van der Waals surface area contributed by atoms with Gasteiger partial charge >= 0.3 is 12.0 Å². The molecule has 19 heavy (non-hydrogen) atoms. The Labute approximate surface area is 114 Å². The Balaban J connectivity index is 2.10. The van der Waals surface area contributed by atoms with Gasteiger partial charge in [-0.05, 0) is 24.7 Å². The fourth-order valence-electron chi connectivity index (χ4n) is 2.78. The molecule has 6 nitrogen and oxygen atoms in total. The Morgan fingerprint density at radius 2 is 1.74 bits per heavy atom. The second-order valence-electron chi connectivity index (χ2n) is 4.99. The minimum absolute atomic E-state index is 0.270. The first-order chi connectivity index (χ1) is 9.17. The molecule has 6 heteroatoms. The van der Waals surface area contributed by atoms with Gasteiger partial charge in [-0.15, -0.1) is 4.98 Å². The van der Waals surface area contributed by atoms with Crippen molar-refractivity contribution in [3.63, 3.8) is 0 Å². The molecular weight excluding hydrogens is 244 g/mol. The minimum atomic E-state index is 0.270. The zero-order chi connectivity index (χ0) is 13.8. The third-order valence-corrected chi connectivity index (χ3v) is 4.03. The molecule has 106 valence electrons. The smallest absolute Gasteiger partial charge is 0.324 e. The molecule has 0 saturated heterocycles. The highest BCUT2D eigenvalue weighted by molar-refractivity contribution is 5.29. The Morgan fingerprint density at radius 3 is 2.21 bits per heavy atom. The second-order valence-corrected chi connectivity index (χ2v) is 4.99. The van der Waals surface area contributed by atoms with Crippen LogP contribution in [0.5, 0.6) is 12.0 Å². The summed E-state index contributed by atoms with van der Waals surface area (Å²) in [5, 5.41) is 3.38. The van der Waals surface area contributed by atoms with Crippen LogP contribution in [0.4, 0.5) is 5.95 Å². The van der Waals surface area contributed by atoms with Crippen LogP contribution in [0.15, 0.2) is 0 Å². The van der Waals surface area contributed by atoms with Crippen LogP contribution in [-0.2, 0) is 0 Å². The molecule has 3 unspecified atom stereocenters. The van der Waals surface area contributed by atoms with Gasteiger partial charge in [0.15, 0.2) is 0 Å². The SMILES string of the molecule is CCC1CCC(Nc2nc(OC)nc(OC)n2)C1C. The van der Waals surface area contributed by atoms with E-state index in [0.717, 1.165) is 12.3 Å². The molecule has 1 saturated carbocycles. The highest BCUT2D eigenvalue weighted by Gasteiger charge is 2.32. The predicted molar refractivity (Wildman–Crippen MR) is 72.5 cm³/mol. The number of anilines is 1. The van der Waals surface area contributed by atoms with E-state index in [-0.39, 0.29) is 12.0 Å². The predicted octanol–water partition coefficient (Wildman–Crippen LogP) is 2.13. The van der Waals surface area contributed by atoms with Crippen molar-refractivity contribution in [1.29, 1.82) is 0 Å². The van der Waals surface area contributed by atoms with E-state index >= 15 is 0 Å². The number of hydrogen-bond donors (Lipinski definition) is 1. The van der Waals surface area contributed by atoms with Crippen molar-refractivity contribution in [2.45, 2.75) is 39.2 Å². The Hall–Kier alpha value is -1.59. The zero-order valence-electron chi connectivity index (χ0n) is 12.0. The van der Waals surface area contributed by atoms with Gasteiger partial charge in [-0.25, -0.2) is 0 Å². The number of methoxy groups -OCH3 is 2. The van der Waals surface area contributed by atoms with Crippen molar-refractivity contribution in [2.24, 2.45) is 11.8 Å². The largest absolute Gasteiger partial charge is 0.467 e. The summed E-state index contributed by atoms with van der Waals surface area (Å²) in [4.78, 5) is 12.4. The van der Waals surface area contributed by atoms with E-state index < -0.39 is 0 Å². The molecule has 0 aromatic carbocycles. The van der Waals surface area contributed by atoms with Crippen molar-refractivity contribution < 1.29 is 9.47 Å². The Bertz CT molecular complexity index is 405. The molecule has 0 amide bonds. The lowest BCUT2D eigenvalue weighted by molar-refractivity contribution is 0.340. The zero-order valence-corrected chi connectivity index (χ0v) is 12.0. The van der Waals surface area contributed by atoms with Gasteiger partial charge < -0.3 is 14.8 Å². The van der Waals surface area contributed by atoms with Crippen LogP contribution in [0.3, 0.4) is 0 Å². The normalized spacial score (nSPS) is 26.2. The first-order valence-corrected chi connectivity index (χ1v) is 6.78. The molecule has 1 N–H and O–H groups in total. The summed E-state index contributed by atoms with van der Waals surface area (Å²) in [5.41, 5.74) is 0. The third kappa shape index (κ3) is 3.05. The maximum Gasteiger partial charge on any atom is 0.324 e. The number of nitrogens with one attached hydrogen (secondary N) is 1. The number of nitrogens with zero attached hydrogens (tertiary/aromatic N) is 3. The van der Waals surface area contributed by atoms with Gasteiger partial charge in [-0.2, -0.15) is 9.97 Å². The van der Waals surface area contributed by atoms with Crippen LogP contribution in [0, 0.1) is 11.8 Å². The highest BCUT2D eigenvalue weighted by Crippen LogP contribution is 2.35. The van der Waals surface area contributed by atoms with Crippen molar-refractivity contribution >= 4 is 5.95 Å². The van der Waals surface area contributed by atoms with Crippen LogP contribution in [0.1, 0.15) is 33.1 Å². The number of rotatable bonds is 5. The lowest BCUT2D eigenvalue weighted by atomic mass is 9.94. The van der Waals surface area contributed by atoms with Crippen molar-refractivity contribution in [3.05, 3.63) is 0 Å². The molecule has 1 aromatic rings. The van der Waals surface area contributed by atoms with Crippen LogP contribution in [0.25, 0.3) is 0 Å². The van der Waals surface area contributed by atoms with Crippen LogP contribution in [0.2, 0.25) is 0 Å². The van der Waals surface area contributed by atoms with Gasteiger partial charge in [0.2, 0.25) is 5.95 Å². The van der Waals surface area contributed by atoms with Gasteiger partial charge in [0, 0.05) is 6.04 Å². The van der Waals surface area contributed by atoms with Crippen LogP contribution < -0.4 is 14.8 Å². The molecule has 2 rings (SSSR count). The van der Waals surface area contributed by atoms with E-state index in [4.69, 9.17) is 9.47 Å². The minimum Gasteiger partial charge on any atom is -0.467 e. The summed E-state index contributed by atoms with van der Waals surface area (Å²) in [7, 11) is 3.06. The Morgan fingerprint density at radius 1 is 1.11 bits per heavy atom. The van der Waals surface area contributed by atoms with Gasteiger partial charge in [0.1, 0.15) is 0 Å². The van der Waals surface area contributed by atoms with E-state index in [0.29, 0.717) is 17.9 Å². The quantitative estimate of drug-likeness (QED) is 0.880. The molecule has 3 atom stereocenters. The summed E-state index contributed by atoms with van der Waals surface area (Å²) < 4.78 is 10.1. The molecule has 1 aliphatic carbocycles. The fourth-order valence-corrected chi connectivity index (χ4v) is 2.78. The molecule has 1 aromatic heterocycles. The van der Waals surface area contributed by atoms with Crippen molar-refractivity contribution in [2.75, 3.05) is 19.5 Å². The first-order valence-electron chi connectivity index (χ1n) is 6.78. The molecule has 1 fully saturated rings. The van der Waals surface area contributed by atoms with Gasteiger partial charge in [0.05, 0.1) is 14.2 Å². The summed E-state index contributed by atoms with van der Waals surface area (Å²) in [6.45, 7) is 4.53. The summed E-state index contributed by atoms with van der Waals surface area (Å²) in [5.74, 6) is 1.93. The number of aromatic nitrogens is 3. The summed E-state index contributed by atoms with van der Waals surface area (Å²) in [6, 6.07) is 0.945. The highest BCUT2D eigenvalue weighted by atomic mass is 16.5. The fraction of sp³-hybridized carbons (Fsp3) is 0.769. The van der Waals surface area contributed by atoms with Crippen LogP contribution in [-0.4, -0.2) is 35.2 Å².